The lowest BCUT2D eigenvalue weighted by molar-refractivity contribution is 0.194. The fourth-order valence-corrected chi connectivity index (χ4v) is 0.751. The molecule has 1 saturated heterocycles. The highest BCUT2D eigenvalue weighted by Gasteiger charge is 2.23. The standard InChI is InChI=1S/C8H8O2.C2H6/c1-2-4-7(3-1)9-5-8-6-10-8;1-2/h1-3,8H,5-6H2;1-2H3. The van der Waals surface area contributed by atoms with Gasteiger partial charge in [0.15, 0.2) is 5.76 Å². The maximum absolute atomic E-state index is 5.29. The van der Waals surface area contributed by atoms with Crippen LogP contribution in [0.2, 0.25) is 0 Å². The van der Waals surface area contributed by atoms with Gasteiger partial charge in [-0.3, -0.25) is 0 Å². The Hall–Kier alpha value is -0.980. The van der Waals surface area contributed by atoms with Gasteiger partial charge in [-0.15, -0.1) is 0 Å². The summed E-state index contributed by atoms with van der Waals surface area (Å²) in [5.74, 6) is 0.815. The Labute approximate surface area is 73.2 Å². The molecule has 1 aliphatic heterocycles. The molecule has 1 atom stereocenters. The summed E-state index contributed by atoms with van der Waals surface area (Å²) in [6.45, 7) is 5.52. The molecule has 0 bridgehead atoms. The van der Waals surface area contributed by atoms with E-state index in [-0.39, 0.29) is 0 Å². The van der Waals surface area contributed by atoms with Gasteiger partial charge in [-0.05, 0) is 12.2 Å². The molecular formula is C10H14O2. The minimum absolute atomic E-state index is 0.336. The van der Waals surface area contributed by atoms with Crippen LogP contribution in [0.4, 0.5) is 0 Å². The second-order valence-electron chi connectivity index (χ2n) is 2.30. The topological polar surface area (TPSA) is 21.8 Å². The average molecular weight is 166 g/mol. The van der Waals surface area contributed by atoms with Gasteiger partial charge in [0.1, 0.15) is 12.7 Å². The van der Waals surface area contributed by atoms with E-state index in [0.29, 0.717) is 12.7 Å². The molecule has 2 rings (SSSR count). The Bertz CT molecular complexity index is 218. The molecule has 2 heteroatoms. The van der Waals surface area contributed by atoms with Gasteiger partial charge < -0.3 is 9.47 Å². The van der Waals surface area contributed by atoms with Crippen LogP contribution < -0.4 is 0 Å². The minimum atomic E-state index is 0.336. The van der Waals surface area contributed by atoms with Crippen LogP contribution in [0, 0.1) is 0 Å². The van der Waals surface area contributed by atoms with Crippen LogP contribution in [0.3, 0.4) is 0 Å². The molecule has 12 heavy (non-hydrogen) atoms. The molecule has 1 aliphatic carbocycles. The van der Waals surface area contributed by atoms with Crippen LogP contribution >= 0.6 is 0 Å². The molecule has 0 aromatic carbocycles. The van der Waals surface area contributed by atoms with Crippen molar-refractivity contribution in [3.63, 3.8) is 0 Å². The summed E-state index contributed by atoms with van der Waals surface area (Å²) >= 11 is 0. The zero-order valence-electron chi connectivity index (χ0n) is 7.54. The average Bonchev–Trinajstić information content (AvgIpc) is 2.82. The summed E-state index contributed by atoms with van der Waals surface area (Å²) < 4.78 is 10.3. The Balaban J connectivity index is 0.000000336. The highest BCUT2D eigenvalue weighted by molar-refractivity contribution is 5.24. The number of rotatable bonds is 3. The van der Waals surface area contributed by atoms with E-state index in [9.17, 15) is 0 Å². The van der Waals surface area contributed by atoms with E-state index < -0.39 is 0 Å². The van der Waals surface area contributed by atoms with Crippen LogP contribution in [0.25, 0.3) is 0 Å². The van der Waals surface area contributed by atoms with E-state index in [4.69, 9.17) is 9.47 Å². The summed E-state index contributed by atoms with van der Waals surface area (Å²) in [5.41, 5.74) is 2.94. The quantitative estimate of drug-likeness (QED) is 0.472. The van der Waals surface area contributed by atoms with E-state index in [1.807, 2.05) is 32.1 Å². The molecule has 1 heterocycles. The molecule has 1 unspecified atom stereocenters. The molecule has 0 amide bonds. The summed E-state index contributed by atoms with van der Waals surface area (Å²) in [5, 5.41) is 0. The predicted octanol–water partition coefficient (Wildman–Crippen LogP) is 2.04. The Morgan fingerprint density at radius 2 is 2.42 bits per heavy atom. The first-order valence-corrected chi connectivity index (χ1v) is 4.33. The molecule has 2 aliphatic rings. The van der Waals surface area contributed by atoms with E-state index in [1.54, 1.807) is 0 Å². The Morgan fingerprint density at radius 3 is 2.92 bits per heavy atom. The van der Waals surface area contributed by atoms with E-state index in [0.717, 1.165) is 12.4 Å². The summed E-state index contributed by atoms with van der Waals surface area (Å²) in [7, 11) is 0. The third-order valence-electron chi connectivity index (χ3n) is 1.40. The van der Waals surface area contributed by atoms with Crippen molar-refractivity contribution < 1.29 is 9.47 Å². The first-order chi connectivity index (χ1) is 5.95. The van der Waals surface area contributed by atoms with Crippen molar-refractivity contribution in [3.05, 3.63) is 29.7 Å². The monoisotopic (exact) mass is 166 g/mol. The Kier molecular flexibility index (Phi) is 3.65. The van der Waals surface area contributed by atoms with Gasteiger partial charge in [0.05, 0.1) is 6.61 Å². The lowest BCUT2D eigenvalue weighted by Gasteiger charge is -1.98. The summed E-state index contributed by atoms with van der Waals surface area (Å²) in [6, 6.07) is 0. The van der Waals surface area contributed by atoms with Gasteiger partial charge in [-0.25, -0.2) is 0 Å². The number of epoxide rings is 1. The highest BCUT2D eigenvalue weighted by Crippen LogP contribution is 2.12. The predicted molar refractivity (Wildman–Crippen MR) is 47.8 cm³/mol. The number of allylic oxidation sites excluding steroid dienone is 2. The van der Waals surface area contributed by atoms with E-state index in [1.165, 1.54) is 0 Å². The van der Waals surface area contributed by atoms with Gasteiger partial charge in [0, 0.05) is 0 Å². The number of hydrogen-bond acceptors (Lipinski definition) is 2. The van der Waals surface area contributed by atoms with Crippen molar-refractivity contribution in [2.24, 2.45) is 0 Å². The third kappa shape index (κ3) is 2.95. The molecule has 2 nitrogen and oxygen atoms in total. The highest BCUT2D eigenvalue weighted by atomic mass is 16.6. The zero-order chi connectivity index (χ0) is 8.81. The SMILES string of the molecule is C1=CC=CC=1OCC1CO1.CC. The molecule has 66 valence electrons. The van der Waals surface area contributed by atoms with Gasteiger partial charge in [-0.2, -0.15) is 0 Å². The molecule has 0 spiro atoms. The summed E-state index contributed by atoms with van der Waals surface area (Å²) in [4.78, 5) is 0. The fourth-order valence-electron chi connectivity index (χ4n) is 0.751. The lowest BCUT2D eigenvalue weighted by atomic mass is 10.5. The third-order valence-corrected chi connectivity index (χ3v) is 1.40. The van der Waals surface area contributed by atoms with Crippen LogP contribution in [-0.2, 0) is 9.47 Å². The molecule has 0 aromatic rings. The largest absolute Gasteiger partial charge is 0.483 e. The maximum Gasteiger partial charge on any atom is 0.162 e. The van der Waals surface area contributed by atoms with Gasteiger partial charge in [0.25, 0.3) is 0 Å². The first-order valence-electron chi connectivity index (χ1n) is 4.33. The second-order valence-corrected chi connectivity index (χ2v) is 2.30. The van der Waals surface area contributed by atoms with Crippen molar-refractivity contribution in [2.45, 2.75) is 20.0 Å². The van der Waals surface area contributed by atoms with Crippen molar-refractivity contribution in [1.82, 2.24) is 0 Å². The van der Waals surface area contributed by atoms with Gasteiger partial charge in [0.2, 0.25) is 0 Å². The Morgan fingerprint density at radius 1 is 1.67 bits per heavy atom. The zero-order valence-corrected chi connectivity index (χ0v) is 7.54. The molecule has 0 aromatic heterocycles. The molecular weight excluding hydrogens is 152 g/mol. The number of hydrogen-bond donors (Lipinski definition) is 0. The normalized spacial score (nSPS) is 22.8. The van der Waals surface area contributed by atoms with Crippen LogP contribution in [0.5, 0.6) is 0 Å². The van der Waals surface area contributed by atoms with E-state index in [2.05, 4.69) is 5.73 Å². The van der Waals surface area contributed by atoms with Crippen LogP contribution in [-0.4, -0.2) is 19.3 Å². The summed E-state index contributed by atoms with van der Waals surface area (Å²) in [6.07, 6.45) is 5.97. The minimum Gasteiger partial charge on any atom is -0.483 e. The number of ether oxygens (including phenoxy) is 2. The second kappa shape index (κ2) is 4.81. The van der Waals surface area contributed by atoms with Gasteiger partial charge in [-0.1, -0.05) is 25.7 Å². The van der Waals surface area contributed by atoms with Crippen molar-refractivity contribution in [2.75, 3.05) is 13.2 Å². The van der Waals surface area contributed by atoms with Crippen molar-refractivity contribution in [1.29, 1.82) is 0 Å². The van der Waals surface area contributed by atoms with Crippen molar-refractivity contribution >= 4 is 0 Å². The first kappa shape index (κ1) is 9.11. The molecule has 0 radical (unpaired) electrons. The molecule has 0 saturated carbocycles. The fraction of sp³-hybridized carbons (Fsp3) is 0.500. The van der Waals surface area contributed by atoms with E-state index >= 15 is 0 Å². The lowest BCUT2D eigenvalue weighted by Crippen LogP contribution is -1.98. The van der Waals surface area contributed by atoms with Crippen LogP contribution in [0.15, 0.2) is 29.7 Å². The smallest absolute Gasteiger partial charge is 0.162 e. The van der Waals surface area contributed by atoms with Gasteiger partial charge >= 0.3 is 0 Å². The molecule has 1 fully saturated rings. The van der Waals surface area contributed by atoms with Crippen LogP contribution in [0.1, 0.15) is 13.8 Å². The molecule has 0 N–H and O–H groups in total. The maximum atomic E-state index is 5.29. The van der Waals surface area contributed by atoms with Crippen molar-refractivity contribution in [3.8, 4) is 0 Å².